The summed E-state index contributed by atoms with van der Waals surface area (Å²) in [5.74, 6) is 5.80. The van der Waals surface area contributed by atoms with E-state index >= 15 is 0 Å². The van der Waals surface area contributed by atoms with Crippen LogP contribution in [-0.4, -0.2) is 16.5 Å². The van der Waals surface area contributed by atoms with Gasteiger partial charge in [0.1, 0.15) is 5.82 Å². The molecule has 1 aromatic heterocycles. The second kappa shape index (κ2) is 6.87. The molecule has 110 valence electrons. The van der Waals surface area contributed by atoms with E-state index in [0.717, 1.165) is 5.56 Å². The van der Waals surface area contributed by atoms with Gasteiger partial charge in [-0.1, -0.05) is 23.7 Å². The van der Waals surface area contributed by atoms with Crippen LogP contribution in [0.3, 0.4) is 0 Å². The number of nitro groups is 1. The normalized spacial score (nSPS) is 10.2. The molecule has 0 amide bonds. The average molecular weight is 308 g/mol. The van der Waals surface area contributed by atoms with Crippen LogP contribution in [0.5, 0.6) is 0 Å². The van der Waals surface area contributed by atoms with Crippen LogP contribution >= 0.6 is 11.6 Å². The first-order chi connectivity index (χ1) is 10.1. The number of pyridine rings is 1. The Morgan fingerprint density at radius 1 is 1.24 bits per heavy atom. The van der Waals surface area contributed by atoms with Crippen LogP contribution in [0.2, 0.25) is 5.02 Å². The van der Waals surface area contributed by atoms with Crippen LogP contribution in [0, 0.1) is 10.1 Å². The number of nitrogens with zero attached hydrogens (tertiary/aromatic N) is 2. The third-order valence-electron chi connectivity index (χ3n) is 2.84. The van der Waals surface area contributed by atoms with Crippen LogP contribution in [0.1, 0.15) is 5.56 Å². The molecule has 0 bridgehead atoms. The summed E-state index contributed by atoms with van der Waals surface area (Å²) < 4.78 is 0. The van der Waals surface area contributed by atoms with E-state index in [2.05, 4.69) is 15.7 Å². The molecule has 0 fully saturated rings. The number of anilines is 2. The number of benzene rings is 1. The van der Waals surface area contributed by atoms with E-state index in [-0.39, 0.29) is 11.5 Å². The molecule has 1 aromatic carbocycles. The zero-order chi connectivity index (χ0) is 15.2. The van der Waals surface area contributed by atoms with Gasteiger partial charge in [-0.25, -0.2) is 10.8 Å². The van der Waals surface area contributed by atoms with E-state index < -0.39 is 4.92 Å². The average Bonchev–Trinajstić information content (AvgIpc) is 2.49. The van der Waals surface area contributed by atoms with Crippen molar-refractivity contribution in [2.24, 2.45) is 5.84 Å². The molecule has 0 spiro atoms. The molecule has 0 aliphatic carbocycles. The van der Waals surface area contributed by atoms with Gasteiger partial charge >= 0.3 is 5.69 Å². The van der Waals surface area contributed by atoms with Crippen LogP contribution < -0.4 is 16.6 Å². The molecule has 0 aliphatic heterocycles. The lowest BCUT2D eigenvalue weighted by molar-refractivity contribution is -0.384. The minimum Gasteiger partial charge on any atom is -0.364 e. The summed E-state index contributed by atoms with van der Waals surface area (Å²) in [5.41, 5.74) is 3.34. The first-order valence-electron chi connectivity index (χ1n) is 6.20. The van der Waals surface area contributed by atoms with Crippen molar-refractivity contribution in [1.82, 2.24) is 4.98 Å². The maximum atomic E-state index is 11.0. The summed E-state index contributed by atoms with van der Waals surface area (Å²) in [7, 11) is 0. The summed E-state index contributed by atoms with van der Waals surface area (Å²) in [6, 6.07) is 10.2. The highest BCUT2D eigenvalue weighted by Crippen LogP contribution is 2.23. The highest BCUT2D eigenvalue weighted by Gasteiger charge is 2.15. The van der Waals surface area contributed by atoms with Crippen molar-refractivity contribution in [3.63, 3.8) is 0 Å². The van der Waals surface area contributed by atoms with E-state index in [4.69, 9.17) is 17.4 Å². The van der Waals surface area contributed by atoms with Crippen molar-refractivity contribution < 1.29 is 4.92 Å². The van der Waals surface area contributed by atoms with Crippen molar-refractivity contribution in [2.45, 2.75) is 6.42 Å². The predicted octanol–water partition coefficient (Wildman–Crippen LogP) is 2.58. The van der Waals surface area contributed by atoms with E-state index in [1.165, 1.54) is 12.1 Å². The molecular weight excluding hydrogens is 294 g/mol. The van der Waals surface area contributed by atoms with Crippen molar-refractivity contribution in [3.05, 3.63) is 57.1 Å². The van der Waals surface area contributed by atoms with Crippen LogP contribution in [0.15, 0.2) is 36.4 Å². The number of hydrazine groups is 1. The first kappa shape index (κ1) is 15.0. The van der Waals surface area contributed by atoms with Crippen LogP contribution in [-0.2, 0) is 6.42 Å². The molecule has 21 heavy (non-hydrogen) atoms. The first-order valence-corrected chi connectivity index (χ1v) is 6.58. The van der Waals surface area contributed by atoms with Crippen LogP contribution in [0.4, 0.5) is 17.3 Å². The fourth-order valence-corrected chi connectivity index (χ4v) is 1.91. The standard InChI is InChI=1S/C13H14ClN5O2/c14-10-3-1-9(2-4-10)7-8-16-13-11(19(20)21)5-6-12(17-13)18-15/h1-6H,7-8,15H2,(H2,16,17,18). The molecule has 8 heteroatoms. The molecule has 0 saturated heterocycles. The van der Waals surface area contributed by atoms with Gasteiger partial charge in [0.25, 0.3) is 0 Å². The van der Waals surface area contributed by atoms with Crippen molar-refractivity contribution in [2.75, 3.05) is 17.3 Å². The van der Waals surface area contributed by atoms with Crippen molar-refractivity contribution in [1.29, 1.82) is 0 Å². The molecule has 0 atom stereocenters. The summed E-state index contributed by atoms with van der Waals surface area (Å²) in [6.07, 6.45) is 0.691. The third kappa shape index (κ3) is 4.04. The van der Waals surface area contributed by atoms with Gasteiger partial charge in [-0.05, 0) is 30.2 Å². The minimum absolute atomic E-state index is 0.0925. The Morgan fingerprint density at radius 2 is 1.95 bits per heavy atom. The second-order valence-corrected chi connectivity index (χ2v) is 4.71. The van der Waals surface area contributed by atoms with Gasteiger partial charge in [0.05, 0.1) is 4.92 Å². The molecular formula is C13H14ClN5O2. The number of nitrogens with two attached hydrogens (primary N) is 1. The number of rotatable bonds is 6. The Balaban J connectivity index is 2.04. The monoisotopic (exact) mass is 307 g/mol. The van der Waals surface area contributed by atoms with Gasteiger partial charge in [-0.15, -0.1) is 0 Å². The van der Waals surface area contributed by atoms with Crippen LogP contribution in [0.25, 0.3) is 0 Å². The second-order valence-electron chi connectivity index (χ2n) is 4.27. The van der Waals surface area contributed by atoms with E-state index in [1.807, 2.05) is 12.1 Å². The fourth-order valence-electron chi connectivity index (χ4n) is 1.79. The van der Waals surface area contributed by atoms with Gasteiger partial charge in [0, 0.05) is 17.6 Å². The Kier molecular flexibility index (Phi) is 4.91. The lowest BCUT2D eigenvalue weighted by Gasteiger charge is -2.08. The molecule has 1 heterocycles. The zero-order valence-electron chi connectivity index (χ0n) is 11.0. The van der Waals surface area contributed by atoms with E-state index in [0.29, 0.717) is 23.8 Å². The Labute approximate surface area is 126 Å². The lowest BCUT2D eigenvalue weighted by Crippen LogP contribution is -2.12. The Morgan fingerprint density at radius 3 is 2.57 bits per heavy atom. The predicted molar refractivity (Wildman–Crippen MR) is 82.3 cm³/mol. The molecule has 7 nitrogen and oxygen atoms in total. The lowest BCUT2D eigenvalue weighted by atomic mass is 10.1. The van der Waals surface area contributed by atoms with Crippen molar-refractivity contribution in [3.8, 4) is 0 Å². The largest absolute Gasteiger partial charge is 0.364 e. The fraction of sp³-hybridized carbons (Fsp3) is 0.154. The Bertz CT molecular complexity index is 633. The number of aromatic nitrogens is 1. The topological polar surface area (TPSA) is 106 Å². The number of nitrogens with one attached hydrogen (secondary N) is 2. The maximum absolute atomic E-state index is 11.0. The third-order valence-corrected chi connectivity index (χ3v) is 3.09. The molecule has 0 radical (unpaired) electrons. The highest BCUT2D eigenvalue weighted by atomic mass is 35.5. The molecule has 4 N–H and O–H groups in total. The van der Waals surface area contributed by atoms with Crippen molar-refractivity contribution >= 4 is 28.9 Å². The van der Waals surface area contributed by atoms with Gasteiger partial charge < -0.3 is 10.7 Å². The summed E-state index contributed by atoms with van der Waals surface area (Å²) in [6.45, 7) is 0.503. The van der Waals surface area contributed by atoms with E-state index in [1.54, 1.807) is 12.1 Å². The Hall–Kier alpha value is -2.38. The molecule has 2 aromatic rings. The number of hydrogen-bond donors (Lipinski definition) is 3. The minimum atomic E-state index is -0.488. The number of hydrogen-bond acceptors (Lipinski definition) is 6. The van der Waals surface area contributed by atoms with E-state index in [9.17, 15) is 10.1 Å². The molecule has 2 rings (SSSR count). The zero-order valence-corrected chi connectivity index (χ0v) is 11.8. The summed E-state index contributed by atoms with van der Waals surface area (Å²) in [4.78, 5) is 14.5. The van der Waals surface area contributed by atoms with Gasteiger partial charge in [-0.2, -0.15) is 0 Å². The van der Waals surface area contributed by atoms with Gasteiger partial charge in [-0.3, -0.25) is 10.1 Å². The highest BCUT2D eigenvalue weighted by molar-refractivity contribution is 6.30. The quantitative estimate of drug-likeness (QED) is 0.430. The summed E-state index contributed by atoms with van der Waals surface area (Å²) in [5, 5.41) is 14.6. The number of halogens is 1. The molecule has 0 unspecified atom stereocenters. The maximum Gasteiger partial charge on any atom is 0.311 e. The molecule has 0 saturated carbocycles. The van der Waals surface area contributed by atoms with Gasteiger partial charge in [0.15, 0.2) is 0 Å². The van der Waals surface area contributed by atoms with Gasteiger partial charge in [0.2, 0.25) is 5.82 Å². The SMILES string of the molecule is NNc1ccc([N+](=O)[O-])c(NCCc2ccc(Cl)cc2)n1. The molecule has 0 aliphatic rings. The summed E-state index contributed by atoms with van der Waals surface area (Å²) >= 11 is 5.81. The smallest absolute Gasteiger partial charge is 0.311 e. The number of nitrogen functional groups attached to an aromatic ring is 1.